The molecule has 1 aliphatic heterocycles. The van der Waals surface area contributed by atoms with Crippen molar-refractivity contribution >= 4 is 17.5 Å². The van der Waals surface area contributed by atoms with E-state index >= 15 is 0 Å². The van der Waals surface area contributed by atoms with Gasteiger partial charge in [0.25, 0.3) is 0 Å². The molecule has 1 heterocycles. The van der Waals surface area contributed by atoms with Crippen LogP contribution in [0.1, 0.15) is 59.5 Å². The van der Waals surface area contributed by atoms with Gasteiger partial charge in [-0.15, -0.1) is 0 Å². The van der Waals surface area contributed by atoms with Gasteiger partial charge in [-0.3, -0.25) is 9.59 Å². The van der Waals surface area contributed by atoms with Crippen molar-refractivity contribution in [1.82, 2.24) is 0 Å². The lowest BCUT2D eigenvalue weighted by Gasteiger charge is -2.20. The van der Waals surface area contributed by atoms with E-state index in [0.29, 0.717) is 30.0 Å². The van der Waals surface area contributed by atoms with Gasteiger partial charge < -0.3 is 20.1 Å². The molecule has 3 aromatic rings. The molecular formula is C29H30N2O4. The maximum atomic E-state index is 12.9. The van der Waals surface area contributed by atoms with Crippen molar-refractivity contribution in [2.45, 2.75) is 51.0 Å². The summed E-state index contributed by atoms with van der Waals surface area (Å²) >= 11 is 0. The number of nitrogens with zero attached hydrogens (tertiary/aromatic N) is 1. The smallest absolute Gasteiger partial charge is 0.248 e. The average Bonchev–Trinajstić information content (AvgIpc) is 3.50. The van der Waals surface area contributed by atoms with Crippen molar-refractivity contribution < 1.29 is 19.1 Å². The highest BCUT2D eigenvalue weighted by molar-refractivity contribution is 5.99. The highest BCUT2D eigenvalue weighted by Gasteiger charge is 2.32. The summed E-state index contributed by atoms with van der Waals surface area (Å²) in [6.07, 6.45) is 5.01. The molecule has 0 unspecified atom stereocenters. The van der Waals surface area contributed by atoms with Gasteiger partial charge in [-0.25, -0.2) is 0 Å². The molecule has 5 rings (SSSR count). The molecule has 2 fully saturated rings. The number of hydrogen-bond donors (Lipinski definition) is 1. The monoisotopic (exact) mass is 470 g/mol. The first-order valence-corrected chi connectivity index (χ1v) is 12.2. The Bertz CT molecular complexity index is 1250. The molecule has 1 saturated heterocycles. The first-order valence-electron chi connectivity index (χ1n) is 12.2. The Morgan fingerprint density at radius 2 is 1.77 bits per heavy atom. The van der Waals surface area contributed by atoms with Crippen molar-refractivity contribution in [3.63, 3.8) is 0 Å². The van der Waals surface area contributed by atoms with Gasteiger partial charge in [0.2, 0.25) is 11.8 Å². The second-order valence-corrected chi connectivity index (χ2v) is 9.47. The van der Waals surface area contributed by atoms with Crippen LogP contribution in [0.25, 0.3) is 0 Å². The summed E-state index contributed by atoms with van der Waals surface area (Å²) in [5, 5.41) is 0. The number of amides is 2. The van der Waals surface area contributed by atoms with E-state index in [1.807, 2.05) is 55.5 Å². The van der Waals surface area contributed by atoms with Crippen molar-refractivity contribution in [2.75, 3.05) is 11.4 Å². The first kappa shape index (κ1) is 23.0. The van der Waals surface area contributed by atoms with Crippen LogP contribution in [0.15, 0.2) is 66.7 Å². The Balaban J connectivity index is 1.40. The first-order chi connectivity index (χ1) is 17.0. The van der Waals surface area contributed by atoms with Gasteiger partial charge in [-0.05, 0) is 86.2 Å². The minimum Gasteiger partial charge on any atom is -0.487 e. The number of nitrogens with two attached hydrogens (primary N) is 1. The molecule has 2 N–H and O–H groups in total. The molecule has 0 spiro atoms. The summed E-state index contributed by atoms with van der Waals surface area (Å²) in [7, 11) is 0. The lowest BCUT2D eigenvalue weighted by Crippen LogP contribution is -2.24. The molecule has 0 radical (unpaired) electrons. The van der Waals surface area contributed by atoms with Crippen molar-refractivity contribution in [3.05, 3.63) is 83.4 Å². The molecule has 1 saturated carbocycles. The third kappa shape index (κ3) is 5.16. The van der Waals surface area contributed by atoms with Crippen LogP contribution in [0.4, 0.5) is 5.69 Å². The molecule has 1 aliphatic carbocycles. The van der Waals surface area contributed by atoms with Crippen molar-refractivity contribution in [1.29, 1.82) is 0 Å². The zero-order valence-electron chi connectivity index (χ0n) is 19.9. The van der Waals surface area contributed by atoms with E-state index < -0.39 is 5.91 Å². The van der Waals surface area contributed by atoms with Crippen LogP contribution >= 0.6 is 0 Å². The SMILES string of the molecule is Cc1cccc(Oc2ccc([C@@H]3CC(=O)N(c4cccc(C(N)=O)c4)C3)cc2OC2CCCC2)c1. The van der Waals surface area contributed by atoms with Crippen molar-refractivity contribution in [2.24, 2.45) is 5.73 Å². The van der Waals surface area contributed by atoms with Crippen LogP contribution < -0.4 is 20.1 Å². The predicted octanol–water partition coefficient (Wildman–Crippen LogP) is 5.73. The largest absolute Gasteiger partial charge is 0.487 e. The number of aryl methyl sites for hydroxylation is 1. The quantitative estimate of drug-likeness (QED) is 0.478. The molecule has 180 valence electrons. The van der Waals surface area contributed by atoms with E-state index in [1.165, 1.54) is 12.8 Å². The number of rotatable bonds is 7. The number of anilines is 1. The van der Waals surface area contributed by atoms with E-state index in [0.717, 1.165) is 35.5 Å². The fourth-order valence-electron chi connectivity index (χ4n) is 4.95. The number of carbonyl (C=O) groups is 2. The normalized spacial score (nSPS) is 18.1. The molecule has 0 bridgehead atoms. The number of ether oxygens (including phenoxy) is 2. The summed E-state index contributed by atoms with van der Waals surface area (Å²) in [5.41, 5.74) is 8.68. The Hall–Kier alpha value is -3.80. The summed E-state index contributed by atoms with van der Waals surface area (Å²) in [6, 6.07) is 20.9. The minimum atomic E-state index is -0.507. The molecule has 6 nitrogen and oxygen atoms in total. The van der Waals surface area contributed by atoms with E-state index in [1.54, 1.807) is 23.1 Å². The van der Waals surface area contributed by atoms with E-state index in [9.17, 15) is 9.59 Å². The highest BCUT2D eigenvalue weighted by Crippen LogP contribution is 2.40. The fourth-order valence-corrected chi connectivity index (χ4v) is 4.95. The average molecular weight is 471 g/mol. The number of carbonyl (C=O) groups excluding carboxylic acids is 2. The zero-order valence-corrected chi connectivity index (χ0v) is 19.9. The third-order valence-electron chi connectivity index (χ3n) is 6.82. The van der Waals surface area contributed by atoms with Crippen LogP contribution in [-0.4, -0.2) is 24.5 Å². The van der Waals surface area contributed by atoms with Crippen LogP contribution in [0, 0.1) is 6.92 Å². The maximum absolute atomic E-state index is 12.9. The number of primary amides is 1. The molecule has 0 aromatic heterocycles. The molecule has 2 amide bonds. The highest BCUT2D eigenvalue weighted by atomic mass is 16.5. The van der Waals surface area contributed by atoms with Gasteiger partial charge in [0.05, 0.1) is 6.10 Å². The summed E-state index contributed by atoms with van der Waals surface area (Å²) in [5.74, 6) is 1.70. The van der Waals surface area contributed by atoms with Crippen LogP contribution in [0.3, 0.4) is 0 Å². The third-order valence-corrected chi connectivity index (χ3v) is 6.82. The summed E-state index contributed by atoms with van der Waals surface area (Å²) < 4.78 is 12.6. The summed E-state index contributed by atoms with van der Waals surface area (Å²) in [6.45, 7) is 2.57. The summed E-state index contributed by atoms with van der Waals surface area (Å²) in [4.78, 5) is 26.2. The maximum Gasteiger partial charge on any atom is 0.248 e. The van der Waals surface area contributed by atoms with Gasteiger partial charge in [0, 0.05) is 30.1 Å². The second kappa shape index (κ2) is 9.82. The van der Waals surface area contributed by atoms with Crippen LogP contribution in [0.5, 0.6) is 17.2 Å². The van der Waals surface area contributed by atoms with E-state index in [-0.39, 0.29) is 17.9 Å². The molecule has 6 heteroatoms. The Labute approximate surface area is 205 Å². The second-order valence-electron chi connectivity index (χ2n) is 9.47. The number of benzene rings is 3. The molecular weight excluding hydrogens is 440 g/mol. The molecule has 1 atom stereocenters. The number of hydrogen-bond acceptors (Lipinski definition) is 4. The Morgan fingerprint density at radius 3 is 2.54 bits per heavy atom. The van der Waals surface area contributed by atoms with E-state index in [4.69, 9.17) is 15.2 Å². The standard InChI is InChI=1S/C29H30N2O4/c1-19-6-4-11-25(14-19)35-26-13-12-20(16-27(26)34-24-9-2-3-10-24)22-17-28(32)31(18-22)23-8-5-7-21(15-23)29(30)33/h4-8,11-16,22,24H,2-3,9-10,17-18H2,1H3,(H2,30,33)/t22-/m1/s1. The zero-order chi connectivity index (χ0) is 24.4. The van der Waals surface area contributed by atoms with Crippen LogP contribution in [0.2, 0.25) is 0 Å². The topological polar surface area (TPSA) is 81.9 Å². The molecule has 2 aliphatic rings. The fraction of sp³-hybridized carbons (Fsp3) is 0.310. The minimum absolute atomic E-state index is 0.0127. The Kier molecular flexibility index (Phi) is 6.45. The van der Waals surface area contributed by atoms with Crippen molar-refractivity contribution in [3.8, 4) is 17.2 Å². The van der Waals surface area contributed by atoms with Gasteiger partial charge in [0.1, 0.15) is 5.75 Å². The van der Waals surface area contributed by atoms with E-state index in [2.05, 4.69) is 0 Å². The molecule has 35 heavy (non-hydrogen) atoms. The lowest BCUT2D eigenvalue weighted by atomic mass is 9.97. The van der Waals surface area contributed by atoms with Gasteiger partial charge in [0.15, 0.2) is 11.5 Å². The molecule has 3 aromatic carbocycles. The predicted molar refractivity (Wildman–Crippen MR) is 135 cm³/mol. The van der Waals surface area contributed by atoms with Crippen LogP contribution in [-0.2, 0) is 4.79 Å². The van der Waals surface area contributed by atoms with Gasteiger partial charge >= 0.3 is 0 Å². The van der Waals surface area contributed by atoms with Gasteiger partial charge in [-0.2, -0.15) is 0 Å². The lowest BCUT2D eigenvalue weighted by molar-refractivity contribution is -0.117. The van der Waals surface area contributed by atoms with Gasteiger partial charge in [-0.1, -0.05) is 24.3 Å². The Morgan fingerprint density at radius 1 is 0.971 bits per heavy atom.